The molecule has 3 amide bonds. The van der Waals surface area contributed by atoms with Crippen LogP contribution in [0.2, 0.25) is 5.02 Å². The van der Waals surface area contributed by atoms with E-state index in [2.05, 4.69) is 5.32 Å². The van der Waals surface area contributed by atoms with E-state index in [0.29, 0.717) is 29.2 Å². The summed E-state index contributed by atoms with van der Waals surface area (Å²) in [5, 5.41) is 3.13. The van der Waals surface area contributed by atoms with Gasteiger partial charge in [-0.15, -0.1) is 0 Å². The first-order chi connectivity index (χ1) is 14.9. The van der Waals surface area contributed by atoms with Gasteiger partial charge in [-0.25, -0.2) is 4.79 Å². The van der Waals surface area contributed by atoms with Crippen molar-refractivity contribution in [2.75, 3.05) is 16.8 Å². The van der Waals surface area contributed by atoms with E-state index in [0.717, 1.165) is 4.90 Å². The highest BCUT2D eigenvalue weighted by Crippen LogP contribution is 2.37. The van der Waals surface area contributed by atoms with Gasteiger partial charge in [0.15, 0.2) is 6.61 Å². The van der Waals surface area contributed by atoms with Crippen LogP contribution in [-0.2, 0) is 19.1 Å². The number of carbonyl (C=O) groups is 4. The van der Waals surface area contributed by atoms with Gasteiger partial charge < -0.3 is 10.1 Å². The van der Waals surface area contributed by atoms with Gasteiger partial charge in [0, 0.05) is 10.7 Å². The third-order valence-electron chi connectivity index (χ3n) is 5.31. The van der Waals surface area contributed by atoms with Crippen molar-refractivity contribution < 1.29 is 23.9 Å². The van der Waals surface area contributed by atoms with Gasteiger partial charge in [0.2, 0.25) is 11.8 Å². The largest absolute Gasteiger partial charge is 0.452 e. The fourth-order valence-electron chi connectivity index (χ4n) is 3.77. The Morgan fingerprint density at radius 1 is 1.00 bits per heavy atom. The molecule has 2 aromatic rings. The molecule has 158 valence electrons. The Morgan fingerprint density at radius 3 is 2.29 bits per heavy atom. The van der Waals surface area contributed by atoms with E-state index in [9.17, 15) is 19.2 Å². The summed E-state index contributed by atoms with van der Waals surface area (Å²) in [6.45, 7) is -0.483. The highest BCUT2D eigenvalue weighted by atomic mass is 35.5. The number of esters is 1. The lowest BCUT2D eigenvalue weighted by Crippen LogP contribution is -2.31. The van der Waals surface area contributed by atoms with E-state index >= 15 is 0 Å². The lowest BCUT2D eigenvalue weighted by atomic mass is 9.85. The average Bonchev–Trinajstić information content (AvgIpc) is 3.04. The minimum Gasteiger partial charge on any atom is -0.452 e. The molecule has 7 nitrogen and oxygen atoms in total. The standard InChI is InChI=1S/C23H19ClN2O5/c24-15-8-10-16(11-9-15)25-20(27)13-31-23(30)14-4-3-5-17(12-14)26-21(28)18-6-1-2-7-19(18)22(26)29/h1-5,8-12,18-19H,6-7,13H2,(H,25,27)/t18-,19-/m1/s1. The number of rotatable bonds is 5. The first-order valence-corrected chi connectivity index (χ1v) is 10.2. The molecule has 8 heteroatoms. The number of halogens is 1. The molecule has 1 N–H and O–H groups in total. The third kappa shape index (κ3) is 4.36. The van der Waals surface area contributed by atoms with E-state index in [4.69, 9.17) is 16.3 Å². The Kier molecular flexibility index (Phi) is 5.86. The average molecular weight is 439 g/mol. The normalized spacial score (nSPS) is 19.8. The fourth-order valence-corrected chi connectivity index (χ4v) is 3.90. The summed E-state index contributed by atoms with van der Waals surface area (Å²) in [6.07, 6.45) is 4.91. The van der Waals surface area contributed by atoms with Gasteiger partial charge in [0.25, 0.3) is 5.91 Å². The van der Waals surface area contributed by atoms with Crippen LogP contribution in [0.15, 0.2) is 60.7 Å². The van der Waals surface area contributed by atoms with E-state index < -0.39 is 18.5 Å². The molecule has 1 aliphatic heterocycles. The number of hydrogen-bond donors (Lipinski definition) is 1. The Hall–Kier alpha value is -3.45. The van der Waals surface area contributed by atoms with Crippen LogP contribution >= 0.6 is 11.6 Å². The van der Waals surface area contributed by atoms with Crippen molar-refractivity contribution in [2.24, 2.45) is 11.8 Å². The van der Waals surface area contributed by atoms with Crippen LogP contribution in [0.25, 0.3) is 0 Å². The van der Waals surface area contributed by atoms with Gasteiger partial charge in [-0.1, -0.05) is 29.8 Å². The lowest BCUT2D eigenvalue weighted by Gasteiger charge is -2.15. The summed E-state index contributed by atoms with van der Waals surface area (Å²) in [6, 6.07) is 12.6. The van der Waals surface area contributed by atoms with Crippen LogP contribution in [0, 0.1) is 11.8 Å². The molecule has 1 saturated heterocycles. The number of fused-ring (bicyclic) bond motifs is 1. The predicted octanol–water partition coefficient (Wildman–Crippen LogP) is 3.59. The van der Waals surface area contributed by atoms with Gasteiger partial charge in [0.1, 0.15) is 0 Å². The number of nitrogens with zero attached hydrogens (tertiary/aromatic N) is 1. The number of carbonyl (C=O) groups excluding carboxylic acids is 4. The maximum atomic E-state index is 12.7. The minimum absolute atomic E-state index is 0.144. The third-order valence-corrected chi connectivity index (χ3v) is 5.56. The zero-order valence-electron chi connectivity index (χ0n) is 16.4. The van der Waals surface area contributed by atoms with Crippen LogP contribution in [0.5, 0.6) is 0 Å². The molecule has 0 bridgehead atoms. The Morgan fingerprint density at radius 2 is 1.65 bits per heavy atom. The van der Waals surface area contributed by atoms with Crippen LogP contribution in [0.1, 0.15) is 23.2 Å². The molecule has 1 aliphatic carbocycles. The molecule has 0 radical (unpaired) electrons. The number of allylic oxidation sites excluding steroid dienone is 2. The van der Waals surface area contributed by atoms with Crippen molar-refractivity contribution in [3.05, 3.63) is 71.3 Å². The molecular weight excluding hydrogens is 420 g/mol. The summed E-state index contributed by atoms with van der Waals surface area (Å²) in [5.74, 6) is -2.46. The van der Waals surface area contributed by atoms with E-state index in [1.807, 2.05) is 12.2 Å². The predicted molar refractivity (Wildman–Crippen MR) is 115 cm³/mol. The molecule has 31 heavy (non-hydrogen) atoms. The molecule has 0 saturated carbocycles. The van der Waals surface area contributed by atoms with Gasteiger partial charge in [0.05, 0.1) is 23.1 Å². The highest BCUT2D eigenvalue weighted by molar-refractivity contribution is 6.30. The first kappa shape index (κ1) is 20.8. The fraction of sp³-hybridized carbons (Fsp3) is 0.217. The highest BCUT2D eigenvalue weighted by Gasteiger charge is 2.47. The van der Waals surface area contributed by atoms with Gasteiger partial charge in [-0.05, 0) is 55.3 Å². The molecule has 2 aliphatic rings. The quantitative estimate of drug-likeness (QED) is 0.437. The number of ether oxygens (including phenoxy) is 1. The molecule has 0 aromatic heterocycles. The number of nitrogens with one attached hydrogen (secondary N) is 1. The van der Waals surface area contributed by atoms with Crippen molar-refractivity contribution >= 4 is 46.7 Å². The number of anilines is 2. The molecule has 1 heterocycles. The summed E-state index contributed by atoms with van der Waals surface area (Å²) < 4.78 is 5.08. The van der Waals surface area contributed by atoms with Crippen LogP contribution in [0.4, 0.5) is 11.4 Å². The summed E-state index contributed by atoms with van der Waals surface area (Å²) in [4.78, 5) is 51.0. The number of benzene rings is 2. The maximum Gasteiger partial charge on any atom is 0.338 e. The van der Waals surface area contributed by atoms with E-state index in [1.165, 1.54) is 12.1 Å². The van der Waals surface area contributed by atoms with Crippen molar-refractivity contribution in [3.63, 3.8) is 0 Å². The molecule has 2 atom stereocenters. The van der Waals surface area contributed by atoms with Crippen molar-refractivity contribution in [1.82, 2.24) is 0 Å². The molecule has 0 spiro atoms. The Labute approximate surface area is 183 Å². The van der Waals surface area contributed by atoms with Crippen LogP contribution in [-0.4, -0.2) is 30.3 Å². The van der Waals surface area contributed by atoms with Crippen LogP contribution in [0.3, 0.4) is 0 Å². The lowest BCUT2D eigenvalue weighted by molar-refractivity contribution is -0.122. The second kappa shape index (κ2) is 8.73. The topological polar surface area (TPSA) is 92.8 Å². The summed E-state index contributed by atoms with van der Waals surface area (Å²) in [5.41, 5.74) is 0.990. The molecule has 4 rings (SSSR count). The Balaban J connectivity index is 1.40. The first-order valence-electron chi connectivity index (χ1n) is 9.79. The number of hydrogen-bond acceptors (Lipinski definition) is 5. The minimum atomic E-state index is -0.730. The van der Waals surface area contributed by atoms with Gasteiger partial charge in [-0.3, -0.25) is 19.3 Å². The molecule has 1 fully saturated rings. The van der Waals surface area contributed by atoms with Gasteiger partial charge in [-0.2, -0.15) is 0 Å². The number of imide groups is 1. The molecular formula is C23H19ClN2O5. The monoisotopic (exact) mass is 438 g/mol. The number of amides is 3. The summed E-state index contributed by atoms with van der Waals surface area (Å²) >= 11 is 5.80. The molecule has 2 aromatic carbocycles. The van der Waals surface area contributed by atoms with Crippen LogP contribution < -0.4 is 10.2 Å². The molecule has 0 unspecified atom stereocenters. The SMILES string of the molecule is O=C(COC(=O)c1cccc(N2C(=O)[C@@H]3CC=CC[C@H]3C2=O)c1)Nc1ccc(Cl)cc1. The zero-order chi connectivity index (χ0) is 22.0. The zero-order valence-corrected chi connectivity index (χ0v) is 17.2. The van der Waals surface area contributed by atoms with Gasteiger partial charge >= 0.3 is 5.97 Å². The Bertz CT molecular complexity index is 1050. The van der Waals surface area contributed by atoms with E-state index in [-0.39, 0.29) is 29.2 Å². The van der Waals surface area contributed by atoms with E-state index in [1.54, 1.807) is 36.4 Å². The smallest absolute Gasteiger partial charge is 0.338 e. The second-order valence-electron chi connectivity index (χ2n) is 7.35. The second-order valence-corrected chi connectivity index (χ2v) is 7.79. The van der Waals surface area contributed by atoms with Crippen molar-refractivity contribution in [1.29, 1.82) is 0 Å². The summed E-state index contributed by atoms with van der Waals surface area (Å²) in [7, 11) is 0. The van der Waals surface area contributed by atoms with Crippen molar-refractivity contribution in [3.8, 4) is 0 Å². The maximum absolute atomic E-state index is 12.7. The van der Waals surface area contributed by atoms with Crippen molar-refractivity contribution in [2.45, 2.75) is 12.8 Å².